The van der Waals surface area contributed by atoms with Crippen LogP contribution in [0.2, 0.25) is 0 Å². The van der Waals surface area contributed by atoms with Gasteiger partial charge in [-0.15, -0.1) is 10.2 Å². The molecule has 0 aliphatic heterocycles. The summed E-state index contributed by atoms with van der Waals surface area (Å²) in [5, 5.41) is 11.9. The number of nitrogens with zero attached hydrogens (tertiary/aromatic N) is 3. The van der Waals surface area contributed by atoms with Crippen LogP contribution in [-0.4, -0.2) is 20.9 Å². The van der Waals surface area contributed by atoms with Gasteiger partial charge in [0.2, 0.25) is 0 Å². The van der Waals surface area contributed by atoms with Gasteiger partial charge in [-0.2, -0.15) is 4.80 Å². The Bertz CT molecular complexity index is 1100. The maximum absolute atomic E-state index is 12.4. The van der Waals surface area contributed by atoms with Crippen LogP contribution in [-0.2, 0) is 0 Å². The Morgan fingerprint density at radius 2 is 1.73 bits per heavy atom. The molecule has 0 spiro atoms. The molecular weight excluding hydrogens is 392 g/mol. The number of amides is 1. The zero-order valence-corrected chi connectivity index (χ0v) is 15.6. The number of carbonyl (C=O) groups is 1. The van der Waals surface area contributed by atoms with Crippen LogP contribution in [0.5, 0.6) is 0 Å². The number of rotatable bonds is 3. The SMILES string of the molecule is Cc1ccc(-n2nc3ccc(NC(=O)c4cccc(Br)c4)cc3n2)cc1. The van der Waals surface area contributed by atoms with Crippen LogP contribution >= 0.6 is 15.9 Å². The predicted molar refractivity (Wildman–Crippen MR) is 106 cm³/mol. The van der Waals surface area contributed by atoms with Crippen molar-refractivity contribution >= 4 is 38.6 Å². The van der Waals surface area contributed by atoms with Gasteiger partial charge in [0.05, 0.1) is 5.69 Å². The molecule has 0 aliphatic rings. The molecule has 0 saturated carbocycles. The normalized spacial score (nSPS) is 10.8. The zero-order chi connectivity index (χ0) is 18.1. The molecule has 3 aromatic carbocycles. The summed E-state index contributed by atoms with van der Waals surface area (Å²) in [5.74, 6) is -0.170. The van der Waals surface area contributed by atoms with Crippen molar-refractivity contribution in [2.24, 2.45) is 0 Å². The number of benzene rings is 3. The van der Waals surface area contributed by atoms with E-state index in [9.17, 15) is 4.79 Å². The first-order valence-corrected chi connectivity index (χ1v) is 8.89. The van der Waals surface area contributed by atoms with Crippen molar-refractivity contribution in [2.45, 2.75) is 6.92 Å². The van der Waals surface area contributed by atoms with E-state index in [4.69, 9.17) is 0 Å². The van der Waals surface area contributed by atoms with Crippen LogP contribution in [0.3, 0.4) is 0 Å². The molecule has 4 aromatic rings. The number of halogens is 1. The van der Waals surface area contributed by atoms with Crippen molar-refractivity contribution in [3.8, 4) is 5.69 Å². The Morgan fingerprint density at radius 3 is 2.50 bits per heavy atom. The highest BCUT2D eigenvalue weighted by Gasteiger charge is 2.09. The fourth-order valence-corrected chi connectivity index (χ4v) is 3.02. The molecular formula is C20H15BrN4O. The van der Waals surface area contributed by atoms with Gasteiger partial charge >= 0.3 is 0 Å². The maximum Gasteiger partial charge on any atom is 0.255 e. The number of aryl methyl sites for hydroxylation is 1. The van der Waals surface area contributed by atoms with E-state index in [1.54, 1.807) is 16.9 Å². The van der Waals surface area contributed by atoms with Gasteiger partial charge in [0.1, 0.15) is 11.0 Å². The van der Waals surface area contributed by atoms with E-state index in [1.807, 2.05) is 61.5 Å². The molecule has 0 atom stereocenters. The van der Waals surface area contributed by atoms with Crippen LogP contribution in [0.15, 0.2) is 71.2 Å². The van der Waals surface area contributed by atoms with E-state index < -0.39 is 0 Å². The van der Waals surface area contributed by atoms with Crippen LogP contribution in [0.4, 0.5) is 5.69 Å². The fraction of sp³-hybridized carbons (Fsp3) is 0.0500. The number of aromatic nitrogens is 3. The monoisotopic (exact) mass is 406 g/mol. The van der Waals surface area contributed by atoms with Gasteiger partial charge in [0.15, 0.2) is 0 Å². The largest absolute Gasteiger partial charge is 0.322 e. The lowest BCUT2D eigenvalue weighted by Gasteiger charge is -2.05. The molecule has 0 saturated heterocycles. The number of anilines is 1. The molecule has 5 nitrogen and oxygen atoms in total. The summed E-state index contributed by atoms with van der Waals surface area (Å²) in [4.78, 5) is 14.0. The number of hydrogen-bond donors (Lipinski definition) is 1. The summed E-state index contributed by atoms with van der Waals surface area (Å²) < 4.78 is 0.863. The van der Waals surface area contributed by atoms with Crippen molar-refractivity contribution in [3.63, 3.8) is 0 Å². The summed E-state index contributed by atoms with van der Waals surface area (Å²) >= 11 is 3.38. The molecule has 0 unspecified atom stereocenters. The number of carbonyl (C=O) groups excluding carboxylic acids is 1. The van der Waals surface area contributed by atoms with Crippen molar-refractivity contribution in [1.82, 2.24) is 15.0 Å². The lowest BCUT2D eigenvalue weighted by molar-refractivity contribution is 0.102. The van der Waals surface area contributed by atoms with E-state index in [1.165, 1.54) is 5.56 Å². The van der Waals surface area contributed by atoms with E-state index in [0.29, 0.717) is 11.3 Å². The first kappa shape index (κ1) is 16.5. The molecule has 128 valence electrons. The standard InChI is InChI=1S/C20H15BrN4O/c1-13-5-8-17(9-6-13)25-23-18-10-7-16(12-19(18)24-25)22-20(26)14-3-2-4-15(21)11-14/h2-12H,1H3,(H,22,26). The topological polar surface area (TPSA) is 59.8 Å². The molecule has 4 rings (SSSR count). The minimum Gasteiger partial charge on any atom is -0.322 e. The molecule has 0 radical (unpaired) electrons. The molecule has 1 N–H and O–H groups in total. The first-order valence-electron chi connectivity index (χ1n) is 8.09. The highest BCUT2D eigenvalue weighted by atomic mass is 79.9. The van der Waals surface area contributed by atoms with Crippen LogP contribution in [0.1, 0.15) is 15.9 Å². The maximum atomic E-state index is 12.4. The van der Waals surface area contributed by atoms with E-state index in [2.05, 4.69) is 31.4 Å². The highest BCUT2D eigenvalue weighted by molar-refractivity contribution is 9.10. The first-order chi connectivity index (χ1) is 12.6. The fourth-order valence-electron chi connectivity index (χ4n) is 2.62. The molecule has 6 heteroatoms. The third-order valence-corrected chi connectivity index (χ3v) is 4.48. The second-order valence-electron chi connectivity index (χ2n) is 5.99. The summed E-state index contributed by atoms with van der Waals surface area (Å²) in [6.45, 7) is 2.04. The molecule has 26 heavy (non-hydrogen) atoms. The number of nitrogens with one attached hydrogen (secondary N) is 1. The number of fused-ring (bicyclic) bond motifs is 1. The Labute approximate surface area is 158 Å². The second kappa shape index (κ2) is 6.72. The van der Waals surface area contributed by atoms with Gasteiger partial charge in [-0.25, -0.2) is 0 Å². The summed E-state index contributed by atoms with van der Waals surface area (Å²) in [6, 6.07) is 20.8. The Balaban J connectivity index is 1.61. The van der Waals surface area contributed by atoms with Gasteiger partial charge in [-0.05, 0) is 55.5 Å². The van der Waals surface area contributed by atoms with Crippen molar-refractivity contribution in [1.29, 1.82) is 0 Å². The van der Waals surface area contributed by atoms with Crippen LogP contribution < -0.4 is 5.32 Å². The van der Waals surface area contributed by atoms with Crippen molar-refractivity contribution in [3.05, 3.63) is 82.3 Å². The van der Waals surface area contributed by atoms with E-state index in [-0.39, 0.29) is 5.91 Å². The van der Waals surface area contributed by atoms with E-state index in [0.717, 1.165) is 21.2 Å². The van der Waals surface area contributed by atoms with Crippen LogP contribution in [0.25, 0.3) is 16.7 Å². The predicted octanol–water partition coefficient (Wildman–Crippen LogP) is 4.74. The minimum atomic E-state index is -0.170. The summed E-state index contributed by atoms with van der Waals surface area (Å²) in [7, 11) is 0. The molecule has 0 aliphatic carbocycles. The molecule has 1 amide bonds. The van der Waals surface area contributed by atoms with Crippen molar-refractivity contribution < 1.29 is 4.79 Å². The summed E-state index contributed by atoms with van der Waals surface area (Å²) in [5.41, 5.74) is 4.83. The van der Waals surface area contributed by atoms with E-state index >= 15 is 0 Å². The average Bonchev–Trinajstić information content (AvgIpc) is 3.05. The lowest BCUT2D eigenvalue weighted by Crippen LogP contribution is -2.11. The van der Waals surface area contributed by atoms with Gasteiger partial charge < -0.3 is 5.32 Å². The molecule has 1 heterocycles. The van der Waals surface area contributed by atoms with Gasteiger partial charge in [0, 0.05) is 15.7 Å². The minimum absolute atomic E-state index is 0.170. The smallest absolute Gasteiger partial charge is 0.255 e. The Hall–Kier alpha value is -2.99. The third-order valence-electron chi connectivity index (χ3n) is 3.99. The molecule has 0 fully saturated rings. The zero-order valence-electron chi connectivity index (χ0n) is 14.0. The highest BCUT2D eigenvalue weighted by Crippen LogP contribution is 2.19. The Kier molecular flexibility index (Phi) is 4.26. The molecule has 1 aromatic heterocycles. The molecule has 0 bridgehead atoms. The van der Waals surface area contributed by atoms with Crippen LogP contribution in [0, 0.1) is 6.92 Å². The van der Waals surface area contributed by atoms with Crippen molar-refractivity contribution in [2.75, 3.05) is 5.32 Å². The van der Waals surface area contributed by atoms with Gasteiger partial charge in [-0.3, -0.25) is 4.79 Å². The van der Waals surface area contributed by atoms with Gasteiger partial charge in [0.25, 0.3) is 5.91 Å². The lowest BCUT2D eigenvalue weighted by atomic mass is 10.2. The Morgan fingerprint density at radius 1 is 0.962 bits per heavy atom. The quantitative estimate of drug-likeness (QED) is 0.534. The summed E-state index contributed by atoms with van der Waals surface area (Å²) in [6.07, 6.45) is 0. The third kappa shape index (κ3) is 3.36. The number of hydrogen-bond acceptors (Lipinski definition) is 3. The second-order valence-corrected chi connectivity index (χ2v) is 6.91. The van der Waals surface area contributed by atoms with Gasteiger partial charge in [-0.1, -0.05) is 39.7 Å². The average molecular weight is 407 g/mol.